The summed E-state index contributed by atoms with van der Waals surface area (Å²) in [5.74, 6) is -3.65. The van der Waals surface area contributed by atoms with Crippen LogP contribution >= 0.6 is 0 Å². The number of barbiturate groups is 1. The Hall–Kier alpha value is -3.55. The summed E-state index contributed by atoms with van der Waals surface area (Å²) < 4.78 is 13.0. The Labute approximate surface area is 141 Å². The molecule has 0 radical (unpaired) electrons. The molecule has 1 atom stereocenters. The molecule has 2 aromatic carbocycles. The number of urea groups is 1. The number of phenols is 1. The van der Waals surface area contributed by atoms with Gasteiger partial charge in [0, 0.05) is 6.21 Å². The molecule has 2 N–H and O–H groups in total. The number of nitrogens with one attached hydrogen (secondary N) is 1. The number of halogens is 1. The fraction of sp³-hybridized carbons (Fsp3) is 0.0588. The molecule has 2 aromatic rings. The van der Waals surface area contributed by atoms with Crippen LogP contribution in [0.4, 0.5) is 20.6 Å². The van der Waals surface area contributed by atoms with Gasteiger partial charge in [0.15, 0.2) is 5.92 Å². The van der Waals surface area contributed by atoms with E-state index in [-0.39, 0.29) is 17.1 Å². The summed E-state index contributed by atoms with van der Waals surface area (Å²) >= 11 is 0. The Balaban J connectivity index is 1.90. The molecule has 1 aliphatic heterocycles. The molecule has 1 saturated heterocycles. The number of benzene rings is 2. The minimum Gasteiger partial charge on any atom is -0.506 e. The van der Waals surface area contributed by atoms with Gasteiger partial charge in [0.05, 0.1) is 5.69 Å². The Morgan fingerprint density at radius 1 is 1.08 bits per heavy atom. The van der Waals surface area contributed by atoms with Crippen LogP contribution in [0.25, 0.3) is 0 Å². The van der Waals surface area contributed by atoms with E-state index in [1.807, 2.05) is 0 Å². The number of hydrogen-bond donors (Lipinski definition) is 2. The second-order valence-corrected chi connectivity index (χ2v) is 5.19. The van der Waals surface area contributed by atoms with Crippen molar-refractivity contribution in [2.45, 2.75) is 0 Å². The predicted molar refractivity (Wildman–Crippen MR) is 87.2 cm³/mol. The van der Waals surface area contributed by atoms with Crippen molar-refractivity contribution in [3.05, 3.63) is 54.3 Å². The average molecular weight is 341 g/mol. The number of para-hydroxylation sites is 2. The van der Waals surface area contributed by atoms with Gasteiger partial charge in [-0.3, -0.25) is 19.9 Å². The third-order valence-electron chi connectivity index (χ3n) is 3.53. The maximum Gasteiger partial charge on any atom is 0.335 e. The van der Waals surface area contributed by atoms with Crippen LogP contribution in [0.2, 0.25) is 0 Å². The summed E-state index contributed by atoms with van der Waals surface area (Å²) in [6, 6.07) is 9.90. The number of carbonyl (C=O) groups excluding carboxylic acids is 3. The summed E-state index contributed by atoms with van der Waals surface area (Å²) in [4.78, 5) is 41.1. The van der Waals surface area contributed by atoms with E-state index in [1.54, 1.807) is 12.1 Å². The second-order valence-electron chi connectivity index (χ2n) is 5.19. The number of hydrogen-bond acceptors (Lipinski definition) is 5. The topological polar surface area (TPSA) is 99.1 Å². The SMILES string of the molecule is O=C1NC(=O)N(c2ccc(F)cc2)C(=O)[C@@H]1C=Nc1ccccc1O. The number of aromatic hydroxyl groups is 1. The van der Waals surface area contributed by atoms with Crippen LogP contribution in [0.1, 0.15) is 0 Å². The van der Waals surface area contributed by atoms with E-state index in [2.05, 4.69) is 10.3 Å². The lowest BCUT2D eigenvalue weighted by Crippen LogP contribution is -2.58. The average Bonchev–Trinajstić information content (AvgIpc) is 2.57. The van der Waals surface area contributed by atoms with E-state index in [4.69, 9.17) is 0 Å². The van der Waals surface area contributed by atoms with E-state index < -0.39 is 29.6 Å². The maximum absolute atomic E-state index is 13.0. The van der Waals surface area contributed by atoms with Crippen LogP contribution in [0.5, 0.6) is 5.75 Å². The zero-order valence-corrected chi connectivity index (χ0v) is 12.7. The molecule has 1 fully saturated rings. The van der Waals surface area contributed by atoms with Gasteiger partial charge >= 0.3 is 6.03 Å². The Bertz CT molecular complexity index is 880. The van der Waals surface area contributed by atoms with Gasteiger partial charge in [0.1, 0.15) is 17.3 Å². The maximum atomic E-state index is 13.0. The summed E-state index contributed by atoms with van der Waals surface area (Å²) in [5.41, 5.74) is 0.297. The fourth-order valence-corrected chi connectivity index (χ4v) is 2.28. The van der Waals surface area contributed by atoms with Crippen LogP contribution in [0.3, 0.4) is 0 Å². The molecule has 0 spiro atoms. The first-order valence-electron chi connectivity index (χ1n) is 7.24. The molecule has 1 aliphatic rings. The fourth-order valence-electron chi connectivity index (χ4n) is 2.28. The van der Waals surface area contributed by atoms with Gasteiger partial charge in [-0.2, -0.15) is 0 Å². The number of amides is 4. The summed E-state index contributed by atoms with van der Waals surface area (Å²) in [6.07, 6.45) is 1.05. The lowest BCUT2D eigenvalue weighted by molar-refractivity contribution is -0.131. The molecule has 0 bridgehead atoms. The third-order valence-corrected chi connectivity index (χ3v) is 3.53. The standard InChI is InChI=1S/C17H12FN3O4/c18-10-5-7-11(8-6-10)21-16(24)12(15(23)20-17(21)25)9-19-13-3-1-2-4-14(13)22/h1-9,12,22H,(H,20,23,25)/t12-/m1/s1. The quantitative estimate of drug-likeness (QED) is 0.660. The number of carbonyl (C=O) groups is 3. The highest BCUT2D eigenvalue weighted by atomic mass is 19.1. The number of aliphatic imine (C=N–C) groups is 1. The van der Waals surface area contributed by atoms with E-state index in [0.717, 1.165) is 23.2 Å². The van der Waals surface area contributed by atoms with Crippen molar-refractivity contribution in [2.24, 2.45) is 10.9 Å². The van der Waals surface area contributed by atoms with Gasteiger partial charge in [-0.05, 0) is 36.4 Å². The Kier molecular flexibility index (Phi) is 4.25. The molecule has 0 aliphatic carbocycles. The largest absolute Gasteiger partial charge is 0.506 e. The van der Waals surface area contributed by atoms with Crippen LogP contribution in [0, 0.1) is 11.7 Å². The summed E-state index contributed by atoms with van der Waals surface area (Å²) in [7, 11) is 0. The van der Waals surface area contributed by atoms with Gasteiger partial charge in [-0.25, -0.2) is 14.1 Å². The predicted octanol–water partition coefficient (Wildman–Crippen LogP) is 2.13. The smallest absolute Gasteiger partial charge is 0.335 e. The highest BCUT2D eigenvalue weighted by Crippen LogP contribution is 2.26. The van der Waals surface area contributed by atoms with Crippen molar-refractivity contribution in [1.82, 2.24) is 5.32 Å². The number of phenolic OH excluding ortho intramolecular Hbond substituents is 1. The molecule has 0 saturated carbocycles. The van der Waals surface area contributed by atoms with Crippen molar-refractivity contribution < 1.29 is 23.9 Å². The van der Waals surface area contributed by atoms with Crippen LogP contribution in [-0.4, -0.2) is 29.2 Å². The highest BCUT2D eigenvalue weighted by molar-refractivity contribution is 6.32. The van der Waals surface area contributed by atoms with Crippen molar-refractivity contribution in [2.75, 3.05) is 4.90 Å². The molecule has 7 nitrogen and oxygen atoms in total. The Morgan fingerprint density at radius 2 is 1.76 bits per heavy atom. The molecule has 25 heavy (non-hydrogen) atoms. The molecular formula is C17H12FN3O4. The highest BCUT2D eigenvalue weighted by Gasteiger charge is 2.40. The molecule has 126 valence electrons. The number of anilines is 1. The van der Waals surface area contributed by atoms with Crippen molar-refractivity contribution in [3.63, 3.8) is 0 Å². The normalized spacial score (nSPS) is 17.9. The zero-order chi connectivity index (χ0) is 18.0. The van der Waals surface area contributed by atoms with E-state index in [1.165, 1.54) is 24.3 Å². The molecule has 3 rings (SSSR count). The van der Waals surface area contributed by atoms with Gasteiger partial charge in [-0.15, -0.1) is 0 Å². The van der Waals surface area contributed by atoms with Crippen LogP contribution in [-0.2, 0) is 9.59 Å². The van der Waals surface area contributed by atoms with Gasteiger partial charge in [-0.1, -0.05) is 12.1 Å². The van der Waals surface area contributed by atoms with Gasteiger partial charge < -0.3 is 5.11 Å². The van der Waals surface area contributed by atoms with E-state index in [0.29, 0.717) is 0 Å². The van der Waals surface area contributed by atoms with Crippen LogP contribution in [0.15, 0.2) is 53.5 Å². The van der Waals surface area contributed by atoms with Crippen LogP contribution < -0.4 is 10.2 Å². The second kappa shape index (κ2) is 6.52. The lowest BCUT2D eigenvalue weighted by atomic mass is 10.1. The van der Waals surface area contributed by atoms with Crippen molar-refractivity contribution in [1.29, 1.82) is 0 Å². The molecule has 4 amide bonds. The Morgan fingerprint density at radius 3 is 2.44 bits per heavy atom. The lowest BCUT2D eigenvalue weighted by Gasteiger charge is -2.28. The van der Waals surface area contributed by atoms with Gasteiger partial charge in [0.25, 0.3) is 5.91 Å². The first-order chi connectivity index (χ1) is 12.0. The molecule has 0 unspecified atom stereocenters. The van der Waals surface area contributed by atoms with Crippen molar-refractivity contribution in [3.8, 4) is 5.75 Å². The first kappa shape index (κ1) is 16.3. The molecule has 8 heteroatoms. The van der Waals surface area contributed by atoms with Crippen molar-refractivity contribution >= 4 is 35.4 Å². The first-order valence-corrected chi connectivity index (χ1v) is 7.24. The van der Waals surface area contributed by atoms with E-state index in [9.17, 15) is 23.9 Å². The minimum absolute atomic E-state index is 0.117. The summed E-state index contributed by atoms with van der Waals surface area (Å²) in [6.45, 7) is 0. The molecular weight excluding hydrogens is 329 g/mol. The molecule has 0 aromatic heterocycles. The number of rotatable bonds is 3. The minimum atomic E-state index is -1.36. The summed E-state index contributed by atoms with van der Waals surface area (Å²) in [5, 5.41) is 11.7. The number of imide groups is 2. The number of nitrogens with zero attached hydrogens (tertiary/aromatic N) is 2. The third kappa shape index (κ3) is 3.23. The molecule has 1 heterocycles. The van der Waals surface area contributed by atoms with E-state index >= 15 is 0 Å². The van der Waals surface area contributed by atoms with Gasteiger partial charge in [0.2, 0.25) is 5.91 Å². The monoisotopic (exact) mass is 341 g/mol. The zero-order valence-electron chi connectivity index (χ0n) is 12.7.